The van der Waals surface area contributed by atoms with Crippen LogP contribution >= 0.6 is 0 Å². The van der Waals surface area contributed by atoms with Crippen LogP contribution in [0.25, 0.3) is 0 Å². The molecule has 16 heavy (non-hydrogen) atoms. The maximum atomic E-state index is 11.3. The zero-order chi connectivity index (χ0) is 11.4. The largest absolute Gasteiger partial charge is 0.295 e. The van der Waals surface area contributed by atoms with Gasteiger partial charge in [0.05, 0.1) is 0 Å². The highest BCUT2D eigenvalue weighted by molar-refractivity contribution is 5.94. The summed E-state index contributed by atoms with van der Waals surface area (Å²) in [5.41, 5.74) is 3.23. The molecule has 2 aromatic carbocycles. The van der Waals surface area contributed by atoms with Crippen LogP contribution < -0.4 is 0 Å². The molecule has 0 saturated carbocycles. The summed E-state index contributed by atoms with van der Waals surface area (Å²) in [5, 5.41) is 0. The Morgan fingerprint density at radius 2 is 1.62 bits per heavy atom. The fourth-order valence-electron chi connectivity index (χ4n) is 1.73. The molecule has 0 aliphatic rings. The summed E-state index contributed by atoms with van der Waals surface area (Å²) in [6.07, 6.45) is 0.877. The molecule has 0 aliphatic carbocycles. The molecule has 0 aliphatic heterocycles. The number of benzene rings is 2. The second-order valence-corrected chi connectivity index (χ2v) is 3.92. The van der Waals surface area contributed by atoms with Crippen molar-refractivity contribution in [2.45, 2.75) is 13.3 Å². The van der Waals surface area contributed by atoms with Gasteiger partial charge in [0.15, 0.2) is 5.78 Å². The second-order valence-electron chi connectivity index (χ2n) is 3.92. The molecule has 0 bridgehead atoms. The zero-order valence-electron chi connectivity index (χ0n) is 9.31. The molecule has 0 heterocycles. The van der Waals surface area contributed by atoms with Crippen molar-refractivity contribution in [3.63, 3.8) is 0 Å². The van der Waals surface area contributed by atoms with E-state index < -0.39 is 0 Å². The Bertz CT molecular complexity index is 486. The van der Waals surface area contributed by atoms with Crippen LogP contribution in [-0.2, 0) is 6.42 Å². The minimum Gasteiger partial charge on any atom is -0.295 e. The summed E-state index contributed by atoms with van der Waals surface area (Å²) < 4.78 is 0. The van der Waals surface area contributed by atoms with Crippen LogP contribution in [-0.4, -0.2) is 5.78 Å². The Morgan fingerprint density at radius 3 is 2.31 bits per heavy atom. The SMILES string of the molecule is CC(=O)c1cccc(Cc2ccccc2)c1. The van der Waals surface area contributed by atoms with E-state index in [-0.39, 0.29) is 5.78 Å². The lowest BCUT2D eigenvalue weighted by Crippen LogP contribution is -1.94. The third-order valence-electron chi connectivity index (χ3n) is 2.58. The summed E-state index contributed by atoms with van der Waals surface area (Å²) in [6, 6.07) is 18.1. The van der Waals surface area contributed by atoms with Crippen LogP contribution in [0.2, 0.25) is 0 Å². The Hall–Kier alpha value is -1.89. The highest BCUT2D eigenvalue weighted by atomic mass is 16.1. The molecule has 0 atom stereocenters. The Kier molecular flexibility index (Phi) is 3.16. The van der Waals surface area contributed by atoms with Crippen molar-refractivity contribution in [3.8, 4) is 0 Å². The second kappa shape index (κ2) is 4.75. The number of hydrogen-bond donors (Lipinski definition) is 0. The first-order chi connectivity index (χ1) is 7.75. The van der Waals surface area contributed by atoms with Crippen LogP contribution in [0, 0.1) is 0 Å². The number of rotatable bonds is 3. The lowest BCUT2D eigenvalue weighted by atomic mass is 10.0. The average Bonchev–Trinajstić information content (AvgIpc) is 2.30. The average molecular weight is 210 g/mol. The van der Waals surface area contributed by atoms with E-state index in [1.54, 1.807) is 6.92 Å². The fraction of sp³-hybridized carbons (Fsp3) is 0.133. The maximum absolute atomic E-state index is 11.3. The summed E-state index contributed by atoms with van der Waals surface area (Å²) in [5.74, 6) is 0.120. The topological polar surface area (TPSA) is 17.1 Å². The van der Waals surface area contributed by atoms with E-state index >= 15 is 0 Å². The van der Waals surface area contributed by atoms with E-state index in [1.165, 1.54) is 11.1 Å². The Balaban J connectivity index is 2.22. The van der Waals surface area contributed by atoms with E-state index in [1.807, 2.05) is 36.4 Å². The van der Waals surface area contributed by atoms with Crippen LogP contribution in [0.4, 0.5) is 0 Å². The molecule has 80 valence electrons. The van der Waals surface area contributed by atoms with Crippen LogP contribution in [0.5, 0.6) is 0 Å². The molecule has 0 fully saturated rings. The molecular weight excluding hydrogens is 196 g/mol. The van der Waals surface area contributed by atoms with E-state index in [0.717, 1.165) is 12.0 Å². The molecule has 1 heteroatoms. The van der Waals surface area contributed by atoms with Gasteiger partial charge in [-0.1, -0.05) is 48.5 Å². The minimum absolute atomic E-state index is 0.120. The van der Waals surface area contributed by atoms with Gasteiger partial charge in [-0.15, -0.1) is 0 Å². The molecule has 1 nitrogen and oxygen atoms in total. The number of carbonyl (C=O) groups is 1. The van der Waals surface area contributed by atoms with Gasteiger partial charge in [-0.3, -0.25) is 4.79 Å². The van der Waals surface area contributed by atoms with E-state index in [0.29, 0.717) is 0 Å². The molecule has 0 unspecified atom stereocenters. The molecule has 0 amide bonds. The standard InChI is InChI=1S/C15H14O/c1-12(16)15-9-5-8-14(11-15)10-13-6-3-2-4-7-13/h2-9,11H,10H2,1H3. The van der Waals surface area contributed by atoms with Gasteiger partial charge in [0, 0.05) is 5.56 Å². The van der Waals surface area contributed by atoms with Gasteiger partial charge in [-0.2, -0.15) is 0 Å². The lowest BCUT2D eigenvalue weighted by Gasteiger charge is -2.03. The van der Waals surface area contributed by atoms with Gasteiger partial charge < -0.3 is 0 Å². The number of ketones is 1. The summed E-state index contributed by atoms with van der Waals surface area (Å²) >= 11 is 0. The Morgan fingerprint density at radius 1 is 0.938 bits per heavy atom. The van der Waals surface area contributed by atoms with Gasteiger partial charge >= 0.3 is 0 Å². The molecule has 2 rings (SSSR count). The van der Waals surface area contributed by atoms with Crippen molar-refractivity contribution in [2.24, 2.45) is 0 Å². The van der Waals surface area contributed by atoms with Crippen molar-refractivity contribution in [1.29, 1.82) is 0 Å². The number of Topliss-reactive ketones (excluding diaryl/α,β-unsaturated/α-hetero) is 1. The van der Waals surface area contributed by atoms with Gasteiger partial charge in [0.2, 0.25) is 0 Å². The Labute approximate surface area is 95.7 Å². The quantitative estimate of drug-likeness (QED) is 0.709. The minimum atomic E-state index is 0.120. The number of hydrogen-bond acceptors (Lipinski definition) is 1. The maximum Gasteiger partial charge on any atom is 0.159 e. The predicted octanol–water partition coefficient (Wildman–Crippen LogP) is 3.48. The number of carbonyl (C=O) groups excluding carboxylic acids is 1. The third-order valence-corrected chi connectivity index (χ3v) is 2.58. The molecule has 0 N–H and O–H groups in total. The third kappa shape index (κ3) is 2.57. The van der Waals surface area contributed by atoms with Gasteiger partial charge in [-0.05, 0) is 30.5 Å². The summed E-state index contributed by atoms with van der Waals surface area (Å²) in [6.45, 7) is 1.60. The molecule has 2 aromatic rings. The van der Waals surface area contributed by atoms with Gasteiger partial charge in [-0.25, -0.2) is 0 Å². The van der Waals surface area contributed by atoms with Crippen LogP contribution in [0.15, 0.2) is 54.6 Å². The molecule has 0 saturated heterocycles. The smallest absolute Gasteiger partial charge is 0.159 e. The first-order valence-corrected chi connectivity index (χ1v) is 5.39. The van der Waals surface area contributed by atoms with E-state index in [9.17, 15) is 4.79 Å². The van der Waals surface area contributed by atoms with Crippen molar-refractivity contribution >= 4 is 5.78 Å². The van der Waals surface area contributed by atoms with E-state index in [2.05, 4.69) is 18.2 Å². The molecule has 0 aromatic heterocycles. The van der Waals surface area contributed by atoms with Crippen LogP contribution in [0.1, 0.15) is 28.4 Å². The van der Waals surface area contributed by atoms with E-state index in [4.69, 9.17) is 0 Å². The molecule has 0 spiro atoms. The molecular formula is C15H14O. The van der Waals surface area contributed by atoms with Crippen molar-refractivity contribution in [1.82, 2.24) is 0 Å². The monoisotopic (exact) mass is 210 g/mol. The summed E-state index contributed by atoms with van der Waals surface area (Å²) in [4.78, 5) is 11.3. The van der Waals surface area contributed by atoms with Crippen molar-refractivity contribution < 1.29 is 4.79 Å². The molecule has 0 radical (unpaired) electrons. The summed E-state index contributed by atoms with van der Waals surface area (Å²) in [7, 11) is 0. The predicted molar refractivity (Wildman–Crippen MR) is 65.7 cm³/mol. The van der Waals surface area contributed by atoms with Crippen LogP contribution in [0.3, 0.4) is 0 Å². The lowest BCUT2D eigenvalue weighted by molar-refractivity contribution is 0.101. The first kappa shape index (κ1) is 10.6. The van der Waals surface area contributed by atoms with Gasteiger partial charge in [0.1, 0.15) is 0 Å². The first-order valence-electron chi connectivity index (χ1n) is 5.39. The normalized spacial score (nSPS) is 10.1. The van der Waals surface area contributed by atoms with Crippen molar-refractivity contribution in [2.75, 3.05) is 0 Å². The highest BCUT2D eigenvalue weighted by Crippen LogP contribution is 2.11. The zero-order valence-corrected chi connectivity index (χ0v) is 9.31. The van der Waals surface area contributed by atoms with Gasteiger partial charge in [0.25, 0.3) is 0 Å². The van der Waals surface area contributed by atoms with Crippen molar-refractivity contribution in [3.05, 3.63) is 71.3 Å². The highest BCUT2D eigenvalue weighted by Gasteiger charge is 2.01. The fourth-order valence-corrected chi connectivity index (χ4v) is 1.73.